The zero-order chi connectivity index (χ0) is 14.1. The highest BCUT2D eigenvalue weighted by Crippen LogP contribution is 2.40. The van der Waals surface area contributed by atoms with Crippen LogP contribution < -0.4 is 5.32 Å². The normalized spacial score (nSPS) is 27.7. The Hall–Kier alpha value is -1.03. The third-order valence-electron chi connectivity index (χ3n) is 4.16. The van der Waals surface area contributed by atoms with Crippen LogP contribution in [0.15, 0.2) is 24.3 Å². The van der Waals surface area contributed by atoms with Gasteiger partial charge < -0.3 is 5.32 Å². The Morgan fingerprint density at radius 1 is 1.26 bits per heavy atom. The summed E-state index contributed by atoms with van der Waals surface area (Å²) in [6.07, 6.45) is -0.0337. The predicted molar refractivity (Wildman–Crippen MR) is 70.0 cm³/mol. The second-order valence-electron chi connectivity index (χ2n) is 5.91. The Morgan fingerprint density at radius 3 is 2.37 bits per heavy atom. The van der Waals surface area contributed by atoms with Crippen LogP contribution in [0, 0.1) is 5.41 Å². The van der Waals surface area contributed by atoms with E-state index in [0.717, 1.165) is 31.2 Å². The van der Waals surface area contributed by atoms with Crippen molar-refractivity contribution >= 4 is 0 Å². The molecule has 1 saturated carbocycles. The molecule has 2 rings (SSSR count). The molecule has 1 nitrogen and oxygen atoms in total. The van der Waals surface area contributed by atoms with Crippen molar-refractivity contribution in [1.82, 2.24) is 5.32 Å². The molecule has 1 aliphatic carbocycles. The Morgan fingerprint density at radius 2 is 1.89 bits per heavy atom. The quantitative estimate of drug-likeness (QED) is 0.875. The third-order valence-corrected chi connectivity index (χ3v) is 4.16. The molecule has 0 radical (unpaired) electrons. The molecule has 1 aliphatic rings. The highest BCUT2D eigenvalue weighted by Gasteiger charge is 2.35. The average Bonchev–Trinajstić information content (AvgIpc) is 2.70. The molecule has 0 bridgehead atoms. The Bertz CT molecular complexity index is 424. The van der Waals surface area contributed by atoms with Gasteiger partial charge in [0.2, 0.25) is 0 Å². The van der Waals surface area contributed by atoms with Gasteiger partial charge in [0, 0.05) is 6.04 Å². The van der Waals surface area contributed by atoms with Crippen LogP contribution in [0.4, 0.5) is 13.2 Å². The van der Waals surface area contributed by atoms with Gasteiger partial charge in [-0.25, -0.2) is 0 Å². The summed E-state index contributed by atoms with van der Waals surface area (Å²) in [5.41, 5.74) is 0.626. The fourth-order valence-corrected chi connectivity index (χ4v) is 3.03. The molecule has 0 aromatic heterocycles. The zero-order valence-electron chi connectivity index (χ0n) is 11.3. The van der Waals surface area contributed by atoms with E-state index in [2.05, 4.69) is 12.2 Å². The summed E-state index contributed by atoms with van der Waals surface area (Å²) in [6.45, 7) is 2.22. The van der Waals surface area contributed by atoms with E-state index < -0.39 is 11.7 Å². The minimum Gasteiger partial charge on any atom is -0.317 e. The maximum absolute atomic E-state index is 12.5. The van der Waals surface area contributed by atoms with E-state index in [9.17, 15) is 13.2 Å². The van der Waals surface area contributed by atoms with Crippen molar-refractivity contribution < 1.29 is 13.2 Å². The van der Waals surface area contributed by atoms with Gasteiger partial charge >= 0.3 is 6.18 Å². The molecule has 0 amide bonds. The van der Waals surface area contributed by atoms with Crippen molar-refractivity contribution in [1.29, 1.82) is 0 Å². The molecule has 1 N–H and O–H groups in total. The van der Waals surface area contributed by atoms with Crippen LogP contribution in [0.2, 0.25) is 0 Å². The van der Waals surface area contributed by atoms with Crippen LogP contribution in [0.1, 0.15) is 37.3 Å². The van der Waals surface area contributed by atoms with Gasteiger partial charge in [-0.15, -0.1) is 0 Å². The third kappa shape index (κ3) is 3.50. The van der Waals surface area contributed by atoms with E-state index in [0.29, 0.717) is 6.04 Å². The molecule has 0 heterocycles. The highest BCUT2D eigenvalue weighted by atomic mass is 19.4. The first-order chi connectivity index (χ1) is 8.82. The van der Waals surface area contributed by atoms with Crippen molar-refractivity contribution in [3.8, 4) is 0 Å². The molecule has 0 saturated heterocycles. The second kappa shape index (κ2) is 5.16. The minimum atomic E-state index is -4.24. The van der Waals surface area contributed by atoms with Gasteiger partial charge in [-0.2, -0.15) is 13.2 Å². The van der Waals surface area contributed by atoms with E-state index in [1.165, 1.54) is 12.1 Å². The largest absolute Gasteiger partial charge is 0.416 e. The van der Waals surface area contributed by atoms with E-state index in [4.69, 9.17) is 0 Å². The smallest absolute Gasteiger partial charge is 0.317 e. The van der Waals surface area contributed by atoms with Crippen LogP contribution >= 0.6 is 0 Å². The minimum absolute atomic E-state index is 0.202. The van der Waals surface area contributed by atoms with Gasteiger partial charge in [0.1, 0.15) is 0 Å². The van der Waals surface area contributed by atoms with Crippen molar-refractivity contribution in [2.24, 2.45) is 5.41 Å². The van der Waals surface area contributed by atoms with Crippen LogP contribution in [-0.2, 0) is 12.6 Å². The number of hydrogen-bond acceptors (Lipinski definition) is 1. The average molecular weight is 271 g/mol. The zero-order valence-corrected chi connectivity index (χ0v) is 11.3. The van der Waals surface area contributed by atoms with Crippen molar-refractivity contribution in [2.45, 2.75) is 44.8 Å². The van der Waals surface area contributed by atoms with Gasteiger partial charge in [0.15, 0.2) is 0 Å². The number of halogens is 3. The molecule has 2 unspecified atom stereocenters. The Balaban J connectivity index is 2.04. The summed E-state index contributed by atoms with van der Waals surface area (Å²) in [6, 6.07) is 6.13. The molecule has 0 aliphatic heterocycles. The molecular weight excluding hydrogens is 251 g/mol. The predicted octanol–water partition coefficient (Wildman–Crippen LogP) is 4.03. The first kappa shape index (κ1) is 14.4. The summed E-state index contributed by atoms with van der Waals surface area (Å²) in [5, 5.41) is 3.29. The molecule has 4 heteroatoms. The maximum atomic E-state index is 12.5. The van der Waals surface area contributed by atoms with Crippen LogP contribution in [0.25, 0.3) is 0 Å². The van der Waals surface area contributed by atoms with Crippen LogP contribution in [0.3, 0.4) is 0 Å². The molecule has 1 fully saturated rings. The Labute approximate surface area is 112 Å². The maximum Gasteiger partial charge on any atom is 0.416 e. The number of rotatable bonds is 3. The van der Waals surface area contributed by atoms with E-state index in [1.807, 2.05) is 7.05 Å². The molecule has 0 spiro atoms. The molecule has 1 aromatic rings. The van der Waals surface area contributed by atoms with Gasteiger partial charge in [0.25, 0.3) is 0 Å². The van der Waals surface area contributed by atoms with Crippen molar-refractivity contribution in [3.05, 3.63) is 35.4 Å². The molecule has 106 valence electrons. The van der Waals surface area contributed by atoms with Crippen molar-refractivity contribution in [2.75, 3.05) is 7.05 Å². The molecule has 1 aromatic carbocycles. The van der Waals surface area contributed by atoms with Crippen LogP contribution in [0.5, 0.6) is 0 Å². The summed E-state index contributed by atoms with van der Waals surface area (Å²) in [7, 11) is 1.97. The van der Waals surface area contributed by atoms with Gasteiger partial charge in [-0.3, -0.25) is 0 Å². The van der Waals surface area contributed by atoms with E-state index in [-0.39, 0.29) is 5.41 Å². The lowest BCUT2D eigenvalue weighted by molar-refractivity contribution is -0.137. The first-order valence-corrected chi connectivity index (χ1v) is 6.66. The van der Waals surface area contributed by atoms with Gasteiger partial charge in [-0.05, 0) is 55.8 Å². The highest BCUT2D eigenvalue weighted by molar-refractivity contribution is 5.25. The molecule has 19 heavy (non-hydrogen) atoms. The summed E-state index contributed by atoms with van der Waals surface area (Å²) in [5.74, 6) is 0. The second-order valence-corrected chi connectivity index (χ2v) is 5.91. The number of benzene rings is 1. The van der Waals surface area contributed by atoms with Crippen LogP contribution in [-0.4, -0.2) is 13.1 Å². The van der Waals surface area contributed by atoms with Gasteiger partial charge in [-0.1, -0.05) is 19.1 Å². The summed E-state index contributed by atoms with van der Waals surface area (Å²) < 4.78 is 37.5. The summed E-state index contributed by atoms with van der Waals surface area (Å²) in [4.78, 5) is 0. The lowest BCUT2D eigenvalue weighted by Crippen LogP contribution is -2.24. The fourth-order valence-electron chi connectivity index (χ4n) is 3.03. The SMILES string of the molecule is CNC1CCC(C)(Cc2ccc(C(F)(F)F)cc2)C1. The number of alkyl halides is 3. The topological polar surface area (TPSA) is 12.0 Å². The van der Waals surface area contributed by atoms with Crippen molar-refractivity contribution in [3.63, 3.8) is 0 Å². The standard InChI is InChI=1S/C15H20F3N/c1-14(8-7-13(10-14)19-2)9-11-3-5-12(6-4-11)15(16,17)18/h3-6,13,19H,7-10H2,1-2H3. The number of nitrogens with one attached hydrogen (secondary N) is 1. The van der Waals surface area contributed by atoms with E-state index >= 15 is 0 Å². The fraction of sp³-hybridized carbons (Fsp3) is 0.600. The lowest BCUT2D eigenvalue weighted by Gasteiger charge is -2.24. The summed E-state index contributed by atoms with van der Waals surface area (Å²) >= 11 is 0. The lowest BCUT2D eigenvalue weighted by atomic mass is 9.82. The monoisotopic (exact) mass is 271 g/mol. The number of hydrogen-bond donors (Lipinski definition) is 1. The Kier molecular flexibility index (Phi) is 3.90. The van der Waals surface area contributed by atoms with E-state index in [1.54, 1.807) is 12.1 Å². The molecule has 2 atom stereocenters. The first-order valence-electron chi connectivity index (χ1n) is 6.66. The molecular formula is C15H20F3N. The van der Waals surface area contributed by atoms with Gasteiger partial charge in [0.05, 0.1) is 5.56 Å².